The summed E-state index contributed by atoms with van der Waals surface area (Å²) in [6, 6.07) is 16.8. The van der Waals surface area contributed by atoms with E-state index in [0.717, 1.165) is 38.3 Å². The first-order valence-electron chi connectivity index (χ1n) is 8.62. The topological polar surface area (TPSA) is 93.8 Å². The Bertz CT molecular complexity index is 1120. The number of hydrogen-bond donors (Lipinski definition) is 2. The molecule has 0 aliphatic heterocycles. The van der Waals surface area contributed by atoms with Gasteiger partial charge in [-0.2, -0.15) is 0 Å². The maximum Gasteiger partial charge on any atom is 0.248 e. The molecule has 3 N–H and O–H groups in total. The Kier molecular flexibility index (Phi) is 4.82. The van der Waals surface area contributed by atoms with Gasteiger partial charge in [-0.05, 0) is 42.8 Å². The lowest BCUT2D eigenvalue weighted by Gasteiger charge is -2.06. The molecule has 0 bridgehead atoms. The summed E-state index contributed by atoms with van der Waals surface area (Å²) >= 11 is 1.54. The molecule has 0 radical (unpaired) electrons. The van der Waals surface area contributed by atoms with Crippen molar-refractivity contribution < 1.29 is 4.79 Å². The number of anilines is 2. The fourth-order valence-corrected chi connectivity index (χ4v) is 3.51. The quantitative estimate of drug-likeness (QED) is 0.529. The van der Waals surface area contributed by atoms with Gasteiger partial charge in [0.15, 0.2) is 0 Å². The molecule has 1 aromatic carbocycles. The van der Waals surface area contributed by atoms with E-state index >= 15 is 0 Å². The van der Waals surface area contributed by atoms with Crippen LogP contribution in [0, 0.1) is 6.92 Å². The number of amides is 1. The van der Waals surface area contributed by atoms with Gasteiger partial charge < -0.3 is 11.1 Å². The predicted molar refractivity (Wildman–Crippen MR) is 112 cm³/mol. The number of nitrogens with two attached hydrogens (primary N) is 1. The second-order valence-electron chi connectivity index (χ2n) is 6.23. The number of carbonyl (C=O) groups is 1. The zero-order valence-electron chi connectivity index (χ0n) is 15.1. The monoisotopic (exact) mass is 387 g/mol. The van der Waals surface area contributed by atoms with Crippen molar-refractivity contribution in [3.8, 4) is 21.1 Å². The number of carbonyl (C=O) groups excluding carboxylic acids is 1. The summed E-state index contributed by atoms with van der Waals surface area (Å²) in [7, 11) is 0. The third-order valence-corrected chi connectivity index (χ3v) is 5.16. The number of pyridine rings is 2. The first kappa shape index (κ1) is 17.8. The van der Waals surface area contributed by atoms with Crippen molar-refractivity contribution in [3.05, 3.63) is 78.1 Å². The number of thiazole rings is 1. The Morgan fingerprint density at radius 2 is 1.79 bits per heavy atom. The summed E-state index contributed by atoms with van der Waals surface area (Å²) < 4.78 is 0. The molecule has 0 spiro atoms. The molecule has 28 heavy (non-hydrogen) atoms. The molecule has 4 rings (SSSR count). The molecule has 0 saturated heterocycles. The minimum atomic E-state index is -0.442. The molecule has 0 aliphatic carbocycles. The van der Waals surface area contributed by atoms with E-state index in [1.165, 1.54) is 11.3 Å². The molecule has 0 atom stereocenters. The van der Waals surface area contributed by atoms with E-state index in [1.807, 2.05) is 55.6 Å². The highest BCUT2D eigenvalue weighted by Gasteiger charge is 2.09. The summed E-state index contributed by atoms with van der Waals surface area (Å²) in [4.78, 5) is 25.7. The van der Waals surface area contributed by atoms with Gasteiger partial charge in [0.05, 0.1) is 10.6 Å². The average Bonchev–Trinajstić information content (AvgIpc) is 3.20. The van der Waals surface area contributed by atoms with Crippen molar-refractivity contribution >= 4 is 28.9 Å². The number of hydrogen-bond acceptors (Lipinski definition) is 6. The molecule has 1 amide bonds. The largest absolute Gasteiger partial charge is 0.366 e. The number of nitrogens with zero attached hydrogens (tertiary/aromatic N) is 3. The number of primary amides is 1. The number of benzene rings is 1. The summed E-state index contributed by atoms with van der Waals surface area (Å²) in [6.07, 6.45) is 3.61. The summed E-state index contributed by atoms with van der Waals surface area (Å²) in [6.45, 7) is 2.00. The SMILES string of the molecule is Cc1ccc(Nc2cccc(-c3cnc(-c4ccc(C(N)=O)cc4)s3)n2)nc1. The van der Waals surface area contributed by atoms with E-state index < -0.39 is 5.91 Å². The van der Waals surface area contributed by atoms with E-state index in [0.29, 0.717) is 5.56 Å². The van der Waals surface area contributed by atoms with Crippen LogP contribution >= 0.6 is 11.3 Å². The molecule has 4 aromatic rings. The standard InChI is InChI=1S/C21H17N5OS/c1-13-5-10-18(23-11-13)26-19-4-2-3-16(25-19)17-12-24-21(28-17)15-8-6-14(7-9-15)20(22)27/h2-12H,1H3,(H2,22,27)(H,23,25,26). The lowest BCUT2D eigenvalue weighted by atomic mass is 10.1. The van der Waals surface area contributed by atoms with Gasteiger partial charge in [0.1, 0.15) is 16.6 Å². The summed E-state index contributed by atoms with van der Waals surface area (Å²) in [5, 5.41) is 4.07. The van der Waals surface area contributed by atoms with Crippen LogP contribution in [0.3, 0.4) is 0 Å². The normalized spacial score (nSPS) is 10.6. The highest BCUT2D eigenvalue weighted by molar-refractivity contribution is 7.18. The fraction of sp³-hybridized carbons (Fsp3) is 0.0476. The van der Waals surface area contributed by atoms with Crippen LogP contribution in [0.5, 0.6) is 0 Å². The van der Waals surface area contributed by atoms with Crippen molar-refractivity contribution in [2.45, 2.75) is 6.92 Å². The van der Waals surface area contributed by atoms with Gasteiger partial charge in [-0.3, -0.25) is 4.79 Å². The van der Waals surface area contributed by atoms with E-state index in [4.69, 9.17) is 5.73 Å². The number of aryl methyl sites for hydroxylation is 1. The maximum absolute atomic E-state index is 11.2. The van der Waals surface area contributed by atoms with Crippen molar-refractivity contribution in [3.63, 3.8) is 0 Å². The molecular weight excluding hydrogens is 370 g/mol. The molecule has 7 heteroatoms. The van der Waals surface area contributed by atoms with E-state index in [2.05, 4.69) is 20.3 Å². The lowest BCUT2D eigenvalue weighted by molar-refractivity contribution is 0.100. The molecule has 0 aliphatic rings. The molecule has 0 fully saturated rings. The van der Waals surface area contributed by atoms with Crippen molar-refractivity contribution in [2.75, 3.05) is 5.32 Å². The van der Waals surface area contributed by atoms with E-state index in [-0.39, 0.29) is 0 Å². The third kappa shape index (κ3) is 3.89. The summed E-state index contributed by atoms with van der Waals surface area (Å²) in [5.74, 6) is 1.02. The number of nitrogens with one attached hydrogen (secondary N) is 1. The van der Waals surface area contributed by atoms with E-state index in [1.54, 1.807) is 18.3 Å². The molecule has 0 unspecified atom stereocenters. The molecular formula is C21H17N5OS. The molecule has 3 heterocycles. The van der Waals surface area contributed by atoms with Gasteiger partial charge in [0.2, 0.25) is 5.91 Å². The van der Waals surface area contributed by atoms with Gasteiger partial charge in [-0.25, -0.2) is 15.0 Å². The Morgan fingerprint density at radius 3 is 2.50 bits per heavy atom. The van der Waals surface area contributed by atoms with E-state index in [9.17, 15) is 4.79 Å². The summed E-state index contributed by atoms with van der Waals surface area (Å²) in [5.41, 5.74) is 8.63. The highest BCUT2D eigenvalue weighted by Crippen LogP contribution is 2.32. The Hall–Kier alpha value is -3.58. The third-order valence-electron chi connectivity index (χ3n) is 4.09. The van der Waals surface area contributed by atoms with Crippen LogP contribution in [0.25, 0.3) is 21.1 Å². The number of aromatic nitrogens is 3. The van der Waals surface area contributed by atoms with Crippen LogP contribution < -0.4 is 11.1 Å². The predicted octanol–water partition coefficient (Wildman–Crippen LogP) is 4.42. The van der Waals surface area contributed by atoms with Gasteiger partial charge in [-0.1, -0.05) is 24.3 Å². The van der Waals surface area contributed by atoms with Crippen LogP contribution in [-0.2, 0) is 0 Å². The second kappa shape index (κ2) is 7.58. The van der Waals surface area contributed by atoms with Crippen LogP contribution in [0.1, 0.15) is 15.9 Å². The van der Waals surface area contributed by atoms with Crippen LogP contribution in [0.15, 0.2) is 67.0 Å². The Labute approximate surface area is 166 Å². The Morgan fingerprint density at radius 1 is 0.964 bits per heavy atom. The van der Waals surface area contributed by atoms with Crippen LogP contribution in [0.2, 0.25) is 0 Å². The molecule has 138 valence electrons. The van der Waals surface area contributed by atoms with Crippen LogP contribution in [-0.4, -0.2) is 20.9 Å². The minimum absolute atomic E-state index is 0.442. The zero-order valence-corrected chi connectivity index (χ0v) is 15.9. The van der Waals surface area contributed by atoms with Crippen molar-refractivity contribution in [2.24, 2.45) is 5.73 Å². The fourth-order valence-electron chi connectivity index (χ4n) is 2.62. The molecule has 0 saturated carbocycles. The van der Waals surface area contributed by atoms with Gasteiger partial charge in [0.25, 0.3) is 0 Å². The number of rotatable bonds is 5. The highest BCUT2D eigenvalue weighted by atomic mass is 32.1. The zero-order chi connectivity index (χ0) is 19.5. The second-order valence-corrected chi connectivity index (χ2v) is 7.26. The van der Waals surface area contributed by atoms with Gasteiger partial charge >= 0.3 is 0 Å². The maximum atomic E-state index is 11.2. The van der Waals surface area contributed by atoms with Crippen LogP contribution in [0.4, 0.5) is 11.6 Å². The Balaban J connectivity index is 1.56. The van der Waals surface area contributed by atoms with Gasteiger partial charge in [0, 0.05) is 23.5 Å². The first-order chi connectivity index (χ1) is 13.6. The lowest BCUT2D eigenvalue weighted by Crippen LogP contribution is -2.10. The smallest absolute Gasteiger partial charge is 0.248 e. The average molecular weight is 387 g/mol. The first-order valence-corrected chi connectivity index (χ1v) is 9.43. The van der Waals surface area contributed by atoms with Crippen molar-refractivity contribution in [1.82, 2.24) is 15.0 Å². The minimum Gasteiger partial charge on any atom is -0.366 e. The van der Waals surface area contributed by atoms with Crippen molar-refractivity contribution in [1.29, 1.82) is 0 Å². The van der Waals surface area contributed by atoms with Gasteiger partial charge in [-0.15, -0.1) is 11.3 Å². The molecule has 3 aromatic heterocycles. The molecule has 6 nitrogen and oxygen atoms in total.